The maximum atomic E-state index is 11.5. The summed E-state index contributed by atoms with van der Waals surface area (Å²) in [6, 6.07) is 3.26. The highest BCUT2D eigenvalue weighted by Crippen LogP contribution is 2.15. The summed E-state index contributed by atoms with van der Waals surface area (Å²) in [5.41, 5.74) is -0.237. The van der Waals surface area contributed by atoms with Gasteiger partial charge in [-0.1, -0.05) is 0 Å². The largest absolute Gasteiger partial charge is 0.391 e. The number of nitrogens with zero attached hydrogens (tertiary/aromatic N) is 2. The highest BCUT2D eigenvalue weighted by molar-refractivity contribution is 5.92. The summed E-state index contributed by atoms with van der Waals surface area (Å²) in [7, 11) is 0. The summed E-state index contributed by atoms with van der Waals surface area (Å²) < 4.78 is 0. The van der Waals surface area contributed by atoms with Gasteiger partial charge in [-0.15, -0.1) is 10.2 Å². The maximum absolute atomic E-state index is 11.5. The van der Waals surface area contributed by atoms with Gasteiger partial charge in [0.15, 0.2) is 5.69 Å². The highest BCUT2D eigenvalue weighted by atomic mass is 16.3. The Morgan fingerprint density at radius 2 is 2.11 bits per heavy atom. The number of hydrogen-bond donors (Lipinski definition) is 3. The zero-order valence-electron chi connectivity index (χ0n) is 11.2. The number of anilines is 1. The molecular weight excluding hydrogens is 232 g/mol. The van der Waals surface area contributed by atoms with Crippen molar-refractivity contribution in [1.82, 2.24) is 15.5 Å². The van der Waals surface area contributed by atoms with Crippen LogP contribution in [0.1, 0.15) is 38.2 Å². The molecule has 1 aromatic heterocycles. The van der Waals surface area contributed by atoms with Gasteiger partial charge in [-0.3, -0.25) is 4.79 Å². The molecule has 1 aromatic rings. The Bertz CT molecular complexity index is 401. The number of amides is 1. The molecule has 0 radical (unpaired) electrons. The number of rotatable bonds is 5. The molecule has 0 saturated heterocycles. The van der Waals surface area contributed by atoms with Gasteiger partial charge < -0.3 is 15.7 Å². The van der Waals surface area contributed by atoms with E-state index in [9.17, 15) is 9.90 Å². The van der Waals surface area contributed by atoms with E-state index in [0.717, 1.165) is 0 Å². The van der Waals surface area contributed by atoms with Crippen molar-refractivity contribution >= 4 is 11.7 Å². The molecule has 0 saturated carbocycles. The van der Waals surface area contributed by atoms with Gasteiger partial charge in [-0.25, -0.2) is 0 Å². The van der Waals surface area contributed by atoms with Gasteiger partial charge in [-0.05, 0) is 39.8 Å². The molecule has 0 bridgehead atoms. The summed E-state index contributed by atoms with van der Waals surface area (Å²) in [5.74, 6) is 0.278. The van der Waals surface area contributed by atoms with Gasteiger partial charge in [0.25, 0.3) is 5.91 Å². The molecule has 0 aliphatic carbocycles. The van der Waals surface area contributed by atoms with Crippen LogP contribution in [0.2, 0.25) is 0 Å². The van der Waals surface area contributed by atoms with Crippen LogP contribution in [-0.2, 0) is 0 Å². The lowest BCUT2D eigenvalue weighted by molar-refractivity contribution is 0.0949. The number of aliphatic hydroxyl groups excluding tert-OH is 1. The van der Waals surface area contributed by atoms with Gasteiger partial charge in [0, 0.05) is 6.54 Å². The van der Waals surface area contributed by atoms with Crippen molar-refractivity contribution in [2.45, 2.75) is 39.3 Å². The Morgan fingerprint density at radius 3 is 2.56 bits per heavy atom. The van der Waals surface area contributed by atoms with Crippen LogP contribution in [0.3, 0.4) is 0 Å². The quantitative estimate of drug-likeness (QED) is 0.721. The van der Waals surface area contributed by atoms with E-state index in [1.54, 1.807) is 19.1 Å². The fourth-order valence-corrected chi connectivity index (χ4v) is 1.21. The minimum absolute atomic E-state index is 0.244. The van der Waals surface area contributed by atoms with E-state index >= 15 is 0 Å². The van der Waals surface area contributed by atoms with Crippen LogP contribution in [0.15, 0.2) is 12.1 Å². The Kier molecular flexibility index (Phi) is 4.61. The molecule has 0 fully saturated rings. The first-order valence-corrected chi connectivity index (χ1v) is 5.95. The van der Waals surface area contributed by atoms with Crippen molar-refractivity contribution < 1.29 is 9.90 Å². The van der Waals surface area contributed by atoms with Crippen molar-refractivity contribution in [3.05, 3.63) is 17.8 Å². The number of aromatic nitrogens is 2. The van der Waals surface area contributed by atoms with E-state index in [-0.39, 0.29) is 11.6 Å². The van der Waals surface area contributed by atoms with Gasteiger partial charge in [0.2, 0.25) is 0 Å². The van der Waals surface area contributed by atoms with Crippen LogP contribution in [0.25, 0.3) is 0 Å². The fourth-order valence-electron chi connectivity index (χ4n) is 1.21. The minimum atomic E-state index is -0.539. The van der Waals surface area contributed by atoms with E-state index < -0.39 is 11.6 Å². The van der Waals surface area contributed by atoms with Crippen LogP contribution in [-0.4, -0.2) is 39.4 Å². The van der Waals surface area contributed by atoms with Crippen LogP contribution in [0.5, 0.6) is 0 Å². The average molecular weight is 252 g/mol. The molecule has 1 atom stereocenters. The SMILES string of the molecule is CCNC(=O)c1ccc(NC(C)(C)C(C)O)nn1. The fraction of sp³-hybridized carbons (Fsp3) is 0.583. The van der Waals surface area contributed by atoms with Crippen molar-refractivity contribution in [3.8, 4) is 0 Å². The van der Waals surface area contributed by atoms with Gasteiger partial charge in [-0.2, -0.15) is 0 Å². The van der Waals surface area contributed by atoms with Gasteiger partial charge >= 0.3 is 0 Å². The van der Waals surface area contributed by atoms with Crippen LogP contribution in [0, 0.1) is 0 Å². The van der Waals surface area contributed by atoms with E-state index in [1.165, 1.54) is 0 Å². The zero-order valence-corrected chi connectivity index (χ0v) is 11.2. The van der Waals surface area contributed by atoms with E-state index in [2.05, 4.69) is 20.8 Å². The average Bonchev–Trinajstić information content (AvgIpc) is 2.29. The molecule has 1 heterocycles. The summed E-state index contributed by atoms with van der Waals surface area (Å²) in [6.07, 6.45) is -0.539. The molecule has 1 rings (SSSR count). The normalized spacial score (nSPS) is 12.9. The second-order valence-corrected chi connectivity index (χ2v) is 4.69. The number of carbonyl (C=O) groups excluding carboxylic acids is 1. The Morgan fingerprint density at radius 1 is 1.44 bits per heavy atom. The Hall–Kier alpha value is -1.69. The molecule has 0 aromatic carbocycles. The molecule has 0 aliphatic rings. The standard InChI is InChI=1S/C12H20N4O2/c1-5-13-11(18)9-6-7-10(16-15-9)14-12(3,4)8(2)17/h6-8,17H,5H2,1-4H3,(H,13,18)(H,14,16). The van der Waals surface area contributed by atoms with Crippen LogP contribution < -0.4 is 10.6 Å². The number of aliphatic hydroxyl groups is 1. The van der Waals surface area contributed by atoms with Crippen molar-refractivity contribution in [3.63, 3.8) is 0 Å². The lowest BCUT2D eigenvalue weighted by Gasteiger charge is -2.29. The summed E-state index contributed by atoms with van der Waals surface area (Å²) in [6.45, 7) is 7.81. The van der Waals surface area contributed by atoms with Crippen LogP contribution >= 0.6 is 0 Å². The Labute approximate surface area is 107 Å². The molecule has 18 heavy (non-hydrogen) atoms. The van der Waals surface area contributed by atoms with Crippen molar-refractivity contribution in [2.75, 3.05) is 11.9 Å². The summed E-state index contributed by atoms with van der Waals surface area (Å²) in [5, 5.41) is 23.0. The van der Waals surface area contributed by atoms with Gasteiger partial charge in [0.05, 0.1) is 11.6 Å². The smallest absolute Gasteiger partial charge is 0.271 e. The predicted molar refractivity (Wildman–Crippen MR) is 69.4 cm³/mol. The molecule has 1 amide bonds. The molecule has 0 aliphatic heterocycles. The first-order chi connectivity index (χ1) is 8.36. The third-order valence-electron chi connectivity index (χ3n) is 2.73. The molecule has 0 spiro atoms. The summed E-state index contributed by atoms with van der Waals surface area (Å²) >= 11 is 0. The molecule has 6 heteroatoms. The first-order valence-electron chi connectivity index (χ1n) is 5.95. The number of carbonyl (C=O) groups is 1. The molecule has 3 N–H and O–H groups in total. The second-order valence-electron chi connectivity index (χ2n) is 4.69. The van der Waals surface area contributed by atoms with E-state index in [0.29, 0.717) is 12.4 Å². The third-order valence-corrected chi connectivity index (χ3v) is 2.73. The lowest BCUT2D eigenvalue weighted by atomic mass is 9.99. The van der Waals surface area contributed by atoms with E-state index in [1.807, 2.05) is 20.8 Å². The highest BCUT2D eigenvalue weighted by Gasteiger charge is 2.24. The number of nitrogens with one attached hydrogen (secondary N) is 2. The van der Waals surface area contributed by atoms with Crippen molar-refractivity contribution in [1.29, 1.82) is 0 Å². The van der Waals surface area contributed by atoms with E-state index in [4.69, 9.17) is 0 Å². The molecule has 1 unspecified atom stereocenters. The molecule has 100 valence electrons. The molecule has 6 nitrogen and oxygen atoms in total. The lowest BCUT2D eigenvalue weighted by Crippen LogP contribution is -2.42. The predicted octanol–water partition coefficient (Wildman–Crippen LogP) is 0.798. The Balaban J connectivity index is 2.75. The van der Waals surface area contributed by atoms with Crippen molar-refractivity contribution in [2.24, 2.45) is 0 Å². The monoisotopic (exact) mass is 252 g/mol. The maximum Gasteiger partial charge on any atom is 0.271 e. The van der Waals surface area contributed by atoms with Crippen LogP contribution in [0.4, 0.5) is 5.82 Å². The number of hydrogen-bond acceptors (Lipinski definition) is 5. The summed E-state index contributed by atoms with van der Waals surface area (Å²) in [4.78, 5) is 11.5. The zero-order chi connectivity index (χ0) is 13.8. The first kappa shape index (κ1) is 14.4. The molecular formula is C12H20N4O2. The minimum Gasteiger partial charge on any atom is -0.391 e. The van der Waals surface area contributed by atoms with Gasteiger partial charge in [0.1, 0.15) is 5.82 Å². The third kappa shape index (κ3) is 3.66. The second kappa shape index (κ2) is 5.77. The topological polar surface area (TPSA) is 87.1 Å².